The zero-order chi connectivity index (χ0) is 21.2. The molecule has 0 saturated carbocycles. The molecule has 152 valence electrons. The summed E-state index contributed by atoms with van der Waals surface area (Å²) in [5, 5.41) is 8.88. The van der Waals surface area contributed by atoms with Crippen LogP contribution in [0.4, 0.5) is 13.2 Å². The van der Waals surface area contributed by atoms with E-state index in [2.05, 4.69) is 21.0 Å². The van der Waals surface area contributed by atoms with Crippen molar-refractivity contribution in [3.63, 3.8) is 0 Å². The molecule has 3 aromatic heterocycles. The number of imidazole rings is 1. The van der Waals surface area contributed by atoms with Gasteiger partial charge in [-0.15, -0.1) is 11.8 Å². The Hall–Kier alpha value is -2.80. The number of pyridine rings is 2. The summed E-state index contributed by atoms with van der Waals surface area (Å²) in [4.78, 5) is 13.1. The molecule has 1 unspecified atom stereocenters. The lowest BCUT2D eigenvalue weighted by atomic mass is 10.2. The van der Waals surface area contributed by atoms with Gasteiger partial charge in [-0.25, -0.2) is 15.0 Å². The number of halogens is 3. The number of aromatic nitrogens is 4. The van der Waals surface area contributed by atoms with Gasteiger partial charge in [-0.05, 0) is 24.8 Å². The monoisotopic (exact) mass is 421 g/mol. The van der Waals surface area contributed by atoms with Crippen LogP contribution in [0, 0.1) is 17.2 Å². The van der Waals surface area contributed by atoms with E-state index in [-0.39, 0.29) is 18.0 Å². The number of aryl methyl sites for hydroxylation is 1. The molecule has 0 bridgehead atoms. The number of alkyl halides is 3. The number of hydrogen-bond donors (Lipinski definition) is 0. The van der Waals surface area contributed by atoms with E-state index in [9.17, 15) is 13.2 Å². The Bertz CT molecular complexity index is 1070. The lowest BCUT2D eigenvalue weighted by molar-refractivity contribution is -0.141. The summed E-state index contributed by atoms with van der Waals surface area (Å²) in [6.45, 7) is 3.98. The van der Waals surface area contributed by atoms with Crippen LogP contribution >= 0.6 is 11.8 Å². The van der Waals surface area contributed by atoms with Crippen LogP contribution in [-0.4, -0.2) is 31.9 Å². The lowest BCUT2D eigenvalue weighted by Crippen LogP contribution is -2.07. The van der Waals surface area contributed by atoms with Crippen molar-refractivity contribution in [2.24, 2.45) is 13.0 Å². The highest BCUT2D eigenvalue weighted by Gasteiger charge is 2.33. The van der Waals surface area contributed by atoms with Crippen molar-refractivity contribution in [2.75, 3.05) is 12.4 Å². The zero-order valence-electron chi connectivity index (χ0n) is 16.0. The van der Waals surface area contributed by atoms with Crippen LogP contribution in [0.2, 0.25) is 0 Å². The van der Waals surface area contributed by atoms with Crippen molar-refractivity contribution >= 4 is 22.8 Å². The Kier molecular flexibility index (Phi) is 5.98. The molecule has 0 spiro atoms. The summed E-state index contributed by atoms with van der Waals surface area (Å²) in [7, 11) is 1.71. The number of fused-ring (bicyclic) bond motifs is 1. The fraction of sp³-hybridized carbons (Fsp3) is 0.368. The molecule has 3 heterocycles. The second-order valence-electron chi connectivity index (χ2n) is 6.34. The molecule has 1 atom stereocenters. The van der Waals surface area contributed by atoms with Gasteiger partial charge in [-0.2, -0.15) is 18.4 Å². The van der Waals surface area contributed by atoms with Gasteiger partial charge in [0.05, 0.1) is 35.4 Å². The fourth-order valence-electron chi connectivity index (χ4n) is 2.65. The molecule has 10 heteroatoms. The summed E-state index contributed by atoms with van der Waals surface area (Å²) in [6, 6.07) is 4.84. The second-order valence-corrected chi connectivity index (χ2v) is 7.65. The van der Waals surface area contributed by atoms with Gasteiger partial charge in [0, 0.05) is 11.9 Å². The van der Waals surface area contributed by atoms with Gasteiger partial charge in [0.1, 0.15) is 23.7 Å². The Morgan fingerprint density at radius 2 is 2.03 bits per heavy atom. The van der Waals surface area contributed by atoms with Crippen molar-refractivity contribution in [2.45, 2.75) is 24.9 Å². The molecule has 0 aliphatic carbocycles. The van der Waals surface area contributed by atoms with Gasteiger partial charge in [-0.3, -0.25) is 0 Å². The zero-order valence-corrected chi connectivity index (χ0v) is 16.8. The largest absolute Gasteiger partial charge is 0.491 e. The van der Waals surface area contributed by atoms with Crippen LogP contribution in [0.3, 0.4) is 0 Å². The number of ether oxygens (including phenoxy) is 1. The second kappa shape index (κ2) is 8.29. The van der Waals surface area contributed by atoms with Gasteiger partial charge in [0.25, 0.3) is 0 Å². The molecule has 6 nitrogen and oxygen atoms in total. The van der Waals surface area contributed by atoms with E-state index in [1.165, 1.54) is 24.2 Å². The maximum atomic E-state index is 13.0. The quantitative estimate of drug-likeness (QED) is 0.537. The molecule has 3 aromatic rings. The van der Waals surface area contributed by atoms with Crippen LogP contribution in [0.15, 0.2) is 29.4 Å². The molecule has 0 saturated heterocycles. The third-order valence-electron chi connectivity index (χ3n) is 4.12. The predicted molar refractivity (Wildman–Crippen MR) is 103 cm³/mol. The molecular formula is C19H18F3N5OS. The van der Waals surface area contributed by atoms with E-state index in [0.717, 1.165) is 16.7 Å². The molecular weight excluding hydrogens is 403 g/mol. The number of thioether (sulfide) groups is 1. The van der Waals surface area contributed by atoms with E-state index in [4.69, 9.17) is 10.00 Å². The smallest absolute Gasteiger partial charge is 0.433 e. The average Bonchev–Trinajstić information content (AvgIpc) is 3.01. The van der Waals surface area contributed by atoms with Crippen molar-refractivity contribution in [1.82, 2.24) is 19.5 Å². The van der Waals surface area contributed by atoms with E-state index >= 15 is 0 Å². The Morgan fingerprint density at radius 1 is 1.28 bits per heavy atom. The number of rotatable bonds is 6. The lowest BCUT2D eigenvalue weighted by Gasteiger charge is -2.12. The van der Waals surface area contributed by atoms with E-state index in [1.54, 1.807) is 24.6 Å². The van der Waals surface area contributed by atoms with E-state index < -0.39 is 11.9 Å². The van der Waals surface area contributed by atoms with E-state index in [0.29, 0.717) is 22.8 Å². The third-order valence-corrected chi connectivity index (χ3v) is 5.03. The molecule has 0 aliphatic rings. The first-order chi connectivity index (χ1) is 13.7. The minimum Gasteiger partial charge on any atom is -0.491 e. The van der Waals surface area contributed by atoms with Crippen LogP contribution < -0.4 is 4.74 Å². The maximum Gasteiger partial charge on any atom is 0.433 e. The SMILES string of the molecule is CCSc1cc(OCC(C)C#N)cnc1-c1nc2cc(C(F)(F)F)ncc2n1C. The molecule has 0 aromatic carbocycles. The van der Waals surface area contributed by atoms with Gasteiger partial charge < -0.3 is 9.30 Å². The topological polar surface area (TPSA) is 76.6 Å². The average molecular weight is 421 g/mol. The summed E-state index contributed by atoms with van der Waals surface area (Å²) >= 11 is 1.52. The van der Waals surface area contributed by atoms with Gasteiger partial charge in [0.15, 0.2) is 5.82 Å². The molecule has 29 heavy (non-hydrogen) atoms. The highest BCUT2D eigenvalue weighted by atomic mass is 32.2. The van der Waals surface area contributed by atoms with Crippen LogP contribution in [0.5, 0.6) is 5.75 Å². The minimum atomic E-state index is -4.53. The first-order valence-corrected chi connectivity index (χ1v) is 9.78. The molecule has 0 fully saturated rings. The Morgan fingerprint density at radius 3 is 2.69 bits per heavy atom. The normalized spacial score (nSPS) is 12.7. The van der Waals surface area contributed by atoms with Crippen LogP contribution in [0.25, 0.3) is 22.6 Å². The van der Waals surface area contributed by atoms with E-state index in [1.807, 2.05) is 6.92 Å². The van der Waals surface area contributed by atoms with Crippen molar-refractivity contribution in [3.05, 3.63) is 30.2 Å². The summed E-state index contributed by atoms with van der Waals surface area (Å²) < 4.78 is 46.2. The first-order valence-electron chi connectivity index (χ1n) is 8.79. The maximum absolute atomic E-state index is 13.0. The van der Waals surface area contributed by atoms with Gasteiger partial charge in [-0.1, -0.05) is 6.92 Å². The van der Waals surface area contributed by atoms with Gasteiger partial charge >= 0.3 is 6.18 Å². The third kappa shape index (κ3) is 4.45. The Labute approximate surface area is 169 Å². The predicted octanol–water partition coefficient (Wildman–Crippen LogP) is 4.70. The minimum absolute atomic E-state index is 0.197. The highest BCUT2D eigenvalue weighted by molar-refractivity contribution is 7.99. The summed E-state index contributed by atoms with van der Waals surface area (Å²) in [5.41, 5.74) is 0.235. The van der Waals surface area contributed by atoms with Crippen molar-refractivity contribution in [3.8, 4) is 23.3 Å². The summed E-state index contributed by atoms with van der Waals surface area (Å²) in [5.74, 6) is 1.46. The molecule has 0 N–H and O–H groups in total. The number of nitriles is 1. The standard InChI is InChI=1S/C19H18F3N5OS/c1-4-29-15-5-12(28-10-11(2)7-23)8-25-17(15)18-26-13-6-16(19(20,21)22)24-9-14(13)27(18)3/h5-6,8-9,11H,4,10H2,1-3H3. The molecule has 3 rings (SSSR count). The fourth-order valence-corrected chi connectivity index (χ4v) is 3.44. The summed E-state index contributed by atoms with van der Waals surface area (Å²) in [6.07, 6.45) is -1.84. The van der Waals surface area contributed by atoms with Crippen LogP contribution in [0.1, 0.15) is 19.5 Å². The van der Waals surface area contributed by atoms with Crippen LogP contribution in [-0.2, 0) is 13.2 Å². The molecule has 0 amide bonds. The van der Waals surface area contributed by atoms with Crippen molar-refractivity contribution < 1.29 is 17.9 Å². The Balaban J connectivity index is 2.03. The molecule has 0 aliphatic heterocycles. The first kappa shape index (κ1) is 20.9. The molecule has 0 radical (unpaired) electrons. The van der Waals surface area contributed by atoms with Gasteiger partial charge in [0.2, 0.25) is 0 Å². The number of nitrogens with zero attached hydrogens (tertiary/aromatic N) is 5. The number of hydrogen-bond acceptors (Lipinski definition) is 6. The highest BCUT2D eigenvalue weighted by Crippen LogP contribution is 2.35. The van der Waals surface area contributed by atoms with Crippen molar-refractivity contribution in [1.29, 1.82) is 5.26 Å².